The molecule has 0 aromatic heterocycles. The number of rotatable bonds is 2. The van der Waals surface area contributed by atoms with Gasteiger partial charge in [0, 0.05) is 24.4 Å². The maximum absolute atomic E-state index is 12.0. The van der Waals surface area contributed by atoms with Crippen molar-refractivity contribution < 1.29 is 14.4 Å². The summed E-state index contributed by atoms with van der Waals surface area (Å²) < 4.78 is 0. The molecular weight excluding hydrogens is 278 g/mol. The van der Waals surface area contributed by atoms with Crippen molar-refractivity contribution in [2.24, 2.45) is 0 Å². The first-order chi connectivity index (χ1) is 9.58. The topological polar surface area (TPSA) is 78.5 Å². The van der Waals surface area contributed by atoms with Crippen molar-refractivity contribution in [2.75, 3.05) is 24.0 Å². The smallest absolute Gasteiger partial charge is 0.261 e. The van der Waals surface area contributed by atoms with Gasteiger partial charge in [-0.25, -0.2) is 0 Å². The van der Waals surface area contributed by atoms with E-state index in [1.54, 1.807) is 30.0 Å². The van der Waals surface area contributed by atoms with Crippen LogP contribution in [0.2, 0.25) is 0 Å². The zero-order chi connectivity index (χ0) is 14.3. The summed E-state index contributed by atoms with van der Waals surface area (Å²) in [6.45, 7) is 0. The summed E-state index contributed by atoms with van der Waals surface area (Å²) in [4.78, 5) is 36.7. The lowest BCUT2D eigenvalue weighted by Gasteiger charge is -2.10. The van der Waals surface area contributed by atoms with Crippen LogP contribution in [0.15, 0.2) is 18.2 Å². The third-order valence-electron chi connectivity index (χ3n) is 3.39. The Morgan fingerprint density at radius 2 is 2.10 bits per heavy atom. The molecule has 7 heteroatoms. The largest absolute Gasteiger partial charge is 0.325 e. The standard InChI is InChI=1S/C13H13N3O3S/c1-16-12(18)8-3-2-7(4-9(8)13(16)19)15-11(17)10-5-20-6-14-10/h2-4,10,14H,5-6H2,1H3,(H,15,17). The van der Waals surface area contributed by atoms with Crippen LogP contribution >= 0.6 is 11.8 Å². The van der Waals surface area contributed by atoms with Crippen LogP contribution in [-0.4, -0.2) is 47.3 Å². The second-order valence-electron chi connectivity index (χ2n) is 4.69. The number of anilines is 1. The van der Waals surface area contributed by atoms with Crippen molar-refractivity contribution >= 4 is 35.2 Å². The number of thioether (sulfide) groups is 1. The SMILES string of the molecule is CN1C(=O)c2ccc(NC(=O)C3CSCN3)cc2C1=O. The maximum Gasteiger partial charge on any atom is 0.261 e. The van der Waals surface area contributed by atoms with Crippen molar-refractivity contribution in [3.63, 3.8) is 0 Å². The van der Waals surface area contributed by atoms with Crippen LogP contribution in [0.25, 0.3) is 0 Å². The number of hydrogen-bond donors (Lipinski definition) is 2. The van der Waals surface area contributed by atoms with Gasteiger partial charge in [-0.05, 0) is 18.2 Å². The second kappa shape index (κ2) is 4.92. The Hall–Kier alpha value is -1.86. The molecule has 1 atom stereocenters. The average Bonchev–Trinajstić information content (AvgIpc) is 3.04. The van der Waals surface area contributed by atoms with Crippen LogP contribution in [0.4, 0.5) is 5.69 Å². The molecule has 2 N–H and O–H groups in total. The van der Waals surface area contributed by atoms with Gasteiger partial charge in [-0.15, -0.1) is 11.8 Å². The minimum Gasteiger partial charge on any atom is -0.325 e. The van der Waals surface area contributed by atoms with Crippen molar-refractivity contribution in [2.45, 2.75) is 6.04 Å². The van der Waals surface area contributed by atoms with Gasteiger partial charge < -0.3 is 5.32 Å². The molecule has 0 radical (unpaired) electrons. The van der Waals surface area contributed by atoms with Gasteiger partial charge >= 0.3 is 0 Å². The van der Waals surface area contributed by atoms with E-state index in [0.717, 1.165) is 16.5 Å². The summed E-state index contributed by atoms with van der Waals surface area (Å²) in [6.07, 6.45) is 0. The van der Waals surface area contributed by atoms with Crippen LogP contribution in [-0.2, 0) is 4.79 Å². The summed E-state index contributed by atoms with van der Waals surface area (Å²) >= 11 is 1.66. The Balaban J connectivity index is 1.81. The Labute approximate surface area is 119 Å². The van der Waals surface area contributed by atoms with E-state index < -0.39 is 0 Å². The van der Waals surface area contributed by atoms with E-state index in [1.165, 1.54) is 7.05 Å². The molecule has 20 heavy (non-hydrogen) atoms. The first-order valence-electron chi connectivity index (χ1n) is 6.16. The molecule has 0 aliphatic carbocycles. The molecule has 1 unspecified atom stereocenters. The molecule has 3 amide bonds. The van der Waals surface area contributed by atoms with Crippen molar-refractivity contribution in [3.8, 4) is 0 Å². The number of hydrogen-bond acceptors (Lipinski definition) is 5. The fourth-order valence-corrected chi connectivity index (χ4v) is 3.17. The zero-order valence-electron chi connectivity index (χ0n) is 10.8. The summed E-state index contributed by atoms with van der Waals surface area (Å²) in [6, 6.07) is 4.56. The van der Waals surface area contributed by atoms with E-state index in [0.29, 0.717) is 16.8 Å². The fourth-order valence-electron chi connectivity index (χ4n) is 2.23. The zero-order valence-corrected chi connectivity index (χ0v) is 11.6. The fraction of sp³-hybridized carbons (Fsp3) is 0.308. The highest BCUT2D eigenvalue weighted by molar-refractivity contribution is 7.99. The highest BCUT2D eigenvalue weighted by Gasteiger charge is 2.33. The van der Waals surface area contributed by atoms with Crippen LogP contribution in [0.3, 0.4) is 0 Å². The number of imide groups is 1. The molecule has 0 bridgehead atoms. The highest BCUT2D eigenvalue weighted by atomic mass is 32.2. The Morgan fingerprint density at radius 3 is 2.80 bits per heavy atom. The van der Waals surface area contributed by atoms with Crippen molar-refractivity contribution in [1.82, 2.24) is 10.2 Å². The maximum atomic E-state index is 12.0. The van der Waals surface area contributed by atoms with Gasteiger partial charge in [-0.1, -0.05) is 0 Å². The lowest BCUT2D eigenvalue weighted by atomic mass is 10.1. The van der Waals surface area contributed by atoms with Crippen LogP contribution in [0, 0.1) is 0 Å². The predicted octanol–water partition coefficient (Wildman–Crippen LogP) is 0.513. The van der Waals surface area contributed by atoms with Gasteiger partial charge in [0.1, 0.15) is 0 Å². The molecule has 2 heterocycles. The summed E-state index contributed by atoms with van der Waals surface area (Å²) in [5, 5.41) is 5.84. The molecule has 0 spiro atoms. The molecule has 1 aromatic rings. The molecule has 104 valence electrons. The Morgan fingerprint density at radius 1 is 1.35 bits per heavy atom. The minimum absolute atomic E-state index is 0.125. The van der Waals surface area contributed by atoms with E-state index in [2.05, 4.69) is 10.6 Å². The van der Waals surface area contributed by atoms with Crippen molar-refractivity contribution in [3.05, 3.63) is 29.3 Å². The Kier molecular flexibility index (Phi) is 3.23. The normalized spacial score (nSPS) is 21.2. The number of nitrogens with one attached hydrogen (secondary N) is 2. The number of carbonyl (C=O) groups is 3. The van der Waals surface area contributed by atoms with Gasteiger partial charge in [0.2, 0.25) is 5.91 Å². The molecule has 0 saturated carbocycles. The van der Waals surface area contributed by atoms with Crippen LogP contribution in [0.5, 0.6) is 0 Å². The molecule has 1 aromatic carbocycles. The molecule has 1 fully saturated rings. The van der Waals surface area contributed by atoms with Gasteiger partial charge in [0.15, 0.2) is 0 Å². The van der Waals surface area contributed by atoms with E-state index in [-0.39, 0.29) is 23.8 Å². The summed E-state index contributed by atoms with van der Waals surface area (Å²) in [7, 11) is 1.45. The van der Waals surface area contributed by atoms with E-state index in [9.17, 15) is 14.4 Å². The number of benzene rings is 1. The van der Waals surface area contributed by atoms with Gasteiger partial charge in [0.25, 0.3) is 11.8 Å². The van der Waals surface area contributed by atoms with E-state index >= 15 is 0 Å². The monoisotopic (exact) mass is 291 g/mol. The predicted molar refractivity (Wildman–Crippen MR) is 75.7 cm³/mol. The molecule has 2 aliphatic rings. The number of carbonyl (C=O) groups excluding carboxylic acids is 3. The number of nitrogens with zero attached hydrogens (tertiary/aromatic N) is 1. The minimum atomic E-state index is -0.337. The van der Waals surface area contributed by atoms with Crippen LogP contribution < -0.4 is 10.6 Å². The third-order valence-corrected chi connectivity index (χ3v) is 4.33. The van der Waals surface area contributed by atoms with Gasteiger partial charge in [-0.3, -0.25) is 24.6 Å². The first-order valence-corrected chi connectivity index (χ1v) is 7.32. The highest BCUT2D eigenvalue weighted by Crippen LogP contribution is 2.25. The summed E-state index contributed by atoms with van der Waals surface area (Å²) in [5.74, 6) is 0.726. The van der Waals surface area contributed by atoms with E-state index in [4.69, 9.17) is 0 Å². The lowest BCUT2D eigenvalue weighted by molar-refractivity contribution is -0.117. The van der Waals surface area contributed by atoms with Gasteiger partial charge in [0.05, 0.1) is 17.2 Å². The average molecular weight is 291 g/mol. The Bertz CT molecular complexity index is 611. The number of fused-ring (bicyclic) bond motifs is 1. The van der Waals surface area contributed by atoms with Crippen molar-refractivity contribution in [1.29, 1.82) is 0 Å². The summed E-state index contributed by atoms with van der Waals surface area (Å²) in [5.41, 5.74) is 1.25. The molecule has 2 aliphatic heterocycles. The molecular formula is C13H13N3O3S. The molecule has 3 rings (SSSR count). The van der Waals surface area contributed by atoms with E-state index in [1.807, 2.05) is 0 Å². The number of amides is 3. The molecule has 1 saturated heterocycles. The van der Waals surface area contributed by atoms with Crippen LogP contribution in [0.1, 0.15) is 20.7 Å². The lowest BCUT2D eigenvalue weighted by Crippen LogP contribution is -2.37. The van der Waals surface area contributed by atoms with Gasteiger partial charge in [-0.2, -0.15) is 0 Å². The third kappa shape index (κ3) is 2.08. The second-order valence-corrected chi connectivity index (χ2v) is 5.72. The first kappa shape index (κ1) is 13.1. The molecule has 6 nitrogen and oxygen atoms in total. The quantitative estimate of drug-likeness (QED) is 0.776.